The van der Waals surface area contributed by atoms with E-state index in [1.807, 2.05) is 13.0 Å². The average molecular weight is 297 g/mol. The SMILES string of the molecule is CCc1sc(C(=O)N2CCOCC2CC(=O)O)cc1C. The predicted molar refractivity (Wildman–Crippen MR) is 76.3 cm³/mol. The highest BCUT2D eigenvalue weighted by Crippen LogP contribution is 2.25. The molecule has 2 heterocycles. The maximum Gasteiger partial charge on any atom is 0.305 e. The van der Waals surface area contributed by atoms with Crippen molar-refractivity contribution in [1.29, 1.82) is 0 Å². The van der Waals surface area contributed by atoms with Gasteiger partial charge >= 0.3 is 5.97 Å². The van der Waals surface area contributed by atoms with Gasteiger partial charge in [-0.1, -0.05) is 6.92 Å². The quantitative estimate of drug-likeness (QED) is 0.922. The first-order chi connectivity index (χ1) is 9.52. The lowest BCUT2D eigenvalue weighted by Crippen LogP contribution is -2.49. The molecule has 1 aromatic heterocycles. The van der Waals surface area contributed by atoms with E-state index < -0.39 is 5.97 Å². The summed E-state index contributed by atoms with van der Waals surface area (Å²) in [5.41, 5.74) is 1.13. The molecule has 1 N–H and O–H groups in total. The molecule has 5 nitrogen and oxygen atoms in total. The second-order valence-electron chi connectivity index (χ2n) is 4.90. The van der Waals surface area contributed by atoms with Gasteiger partial charge in [0.05, 0.1) is 30.6 Å². The van der Waals surface area contributed by atoms with E-state index in [0.29, 0.717) is 24.6 Å². The van der Waals surface area contributed by atoms with Crippen molar-refractivity contribution in [3.05, 3.63) is 21.4 Å². The molecule has 20 heavy (non-hydrogen) atoms. The van der Waals surface area contributed by atoms with Crippen molar-refractivity contribution in [2.75, 3.05) is 19.8 Å². The lowest BCUT2D eigenvalue weighted by atomic mass is 10.1. The van der Waals surface area contributed by atoms with Gasteiger partial charge in [-0.3, -0.25) is 9.59 Å². The molecule has 2 rings (SSSR count). The number of morpholine rings is 1. The van der Waals surface area contributed by atoms with E-state index >= 15 is 0 Å². The van der Waals surface area contributed by atoms with E-state index in [1.165, 1.54) is 16.2 Å². The monoisotopic (exact) mass is 297 g/mol. The molecule has 1 aromatic rings. The summed E-state index contributed by atoms with van der Waals surface area (Å²) in [4.78, 5) is 27.0. The highest BCUT2D eigenvalue weighted by molar-refractivity contribution is 7.14. The molecule has 1 atom stereocenters. The number of rotatable bonds is 4. The molecule has 0 spiro atoms. The Morgan fingerprint density at radius 2 is 2.30 bits per heavy atom. The molecule has 0 bridgehead atoms. The number of amides is 1. The number of hydrogen-bond donors (Lipinski definition) is 1. The first-order valence-electron chi connectivity index (χ1n) is 6.72. The molecule has 0 saturated carbocycles. The molecule has 0 aromatic carbocycles. The van der Waals surface area contributed by atoms with Gasteiger partial charge in [0.25, 0.3) is 5.91 Å². The summed E-state index contributed by atoms with van der Waals surface area (Å²) in [6.07, 6.45) is 0.835. The van der Waals surface area contributed by atoms with Crippen LogP contribution < -0.4 is 0 Å². The Bertz CT molecular complexity index is 511. The lowest BCUT2D eigenvalue weighted by Gasteiger charge is -2.34. The zero-order valence-electron chi connectivity index (χ0n) is 11.7. The van der Waals surface area contributed by atoms with Crippen LogP contribution in [0.25, 0.3) is 0 Å². The third-order valence-corrected chi connectivity index (χ3v) is 4.82. The molecular weight excluding hydrogens is 278 g/mol. The van der Waals surface area contributed by atoms with Gasteiger partial charge in [0.15, 0.2) is 0 Å². The van der Waals surface area contributed by atoms with Crippen LogP contribution in [0, 0.1) is 6.92 Å². The fourth-order valence-corrected chi connectivity index (χ4v) is 3.48. The Kier molecular flexibility index (Phi) is 4.77. The van der Waals surface area contributed by atoms with Gasteiger partial charge in [-0.05, 0) is 25.0 Å². The Balaban J connectivity index is 2.18. The molecule has 110 valence electrons. The summed E-state index contributed by atoms with van der Waals surface area (Å²) in [5, 5.41) is 8.93. The summed E-state index contributed by atoms with van der Waals surface area (Å²) in [6.45, 7) is 5.28. The van der Waals surface area contributed by atoms with Gasteiger partial charge in [-0.25, -0.2) is 0 Å². The first-order valence-corrected chi connectivity index (χ1v) is 7.54. The summed E-state index contributed by atoms with van der Waals surface area (Å²) in [5.74, 6) is -0.984. The summed E-state index contributed by atoms with van der Waals surface area (Å²) in [7, 11) is 0. The molecule has 1 fully saturated rings. The van der Waals surface area contributed by atoms with Crippen molar-refractivity contribution in [2.45, 2.75) is 32.7 Å². The van der Waals surface area contributed by atoms with Crippen LogP contribution in [-0.4, -0.2) is 47.7 Å². The van der Waals surface area contributed by atoms with Crippen LogP contribution in [0.4, 0.5) is 0 Å². The maximum absolute atomic E-state index is 12.6. The Labute approximate surface area is 122 Å². The highest BCUT2D eigenvalue weighted by atomic mass is 32.1. The number of carbonyl (C=O) groups excluding carboxylic acids is 1. The maximum atomic E-state index is 12.6. The van der Waals surface area contributed by atoms with Gasteiger partial charge < -0.3 is 14.7 Å². The van der Waals surface area contributed by atoms with Crippen LogP contribution in [0.15, 0.2) is 6.07 Å². The Morgan fingerprint density at radius 1 is 1.55 bits per heavy atom. The van der Waals surface area contributed by atoms with Crippen molar-refractivity contribution < 1.29 is 19.4 Å². The predicted octanol–water partition coefficient (Wildman–Crippen LogP) is 1.93. The number of aliphatic carboxylic acids is 1. The van der Waals surface area contributed by atoms with Gasteiger partial charge in [0, 0.05) is 11.4 Å². The standard InChI is InChI=1S/C14H19NO4S/c1-3-11-9(2)6-12(20-11)14(18)15-4-5-19-8-10(15)7-13(16)17/h6,10H,3-5,7-8H2,1-2H3,(H,16,17). The van der Waals surface area contributed by atoms with E-state index in [9.17, 15) is 9.59 Å². The fourth-order valence-electron chi connectivity index (χ4n) is 2.41. The van der Waals surface area contributed by atoms with Crippen LogP contribution in [0.1, 0.15) is 33.5 Å². The minimum absolute atomic E-state index is 0.0727. The van der Waals surface area contributed by atoms with Crippen molar-refractivity contribution in [2.24, 2.45) is 0 Å². The number of carbonyl (C=O) groups is 2. The summed E-state index contributed by atoms with van der Waals surface area (Å²) in [6, 6.07) is 1.53. The summed E-state index contributed by atoms with van der Waals surface area (Å²) >= 11 is 1.50. The lowest BCUT2D eigenvalue weighted by molar-refractivity contribution is -0.139. The van der Waals surface area contributed by atoms with E-state index in [1.54, 1.807) is 4.90 Å². The molecule has 1 saturated heterocycles. The third-order valence-electron chi connectivity index (χ3n) is 3.45. The molecule has 6 heteroatoms. The molecule has 1 unspecified atom stereocenters. The molecule has 1 amide bonds. The molecule has 0 radical (unpaired) electrons. The van der Waals surface area contributed by atoms with Gasteiger partial charge in [-0.2, -0.15) is 0 Å². The second kappa shape index (κ2) is 6.37. The van der Waals surface area contributed by atoms with Crippen LogP contribution in [-0.2, 0) is 16.0 Å². The average Bonchev–Trinajstić information content (AvgIpc) is 2.79. The number of nitrogens with zero attached hydrogens (tertiary/aromatic N) is 1. The van der Waals surface area contributed by atoms with E-state index in [2.05, 4.69) is 6.92 Å². The molecule has 1 aliphatic rings. The normalized spacial score (nSPS) is 19.1. The topological polar surface area (TPSA) is 66.8 Å². The largest absolute Gasteiger partial charge is 0.481 e. The van der Waals surface area contributed by atoms with E-state index in [4.69, 9.17) is 9.84 Å². The first kappa shape index (κ1) is 15.0. The number of thiophene rings is 1. The van der Waals surface area contributed by atoms with Crippen molar-refractivity contribution >= 4 is 23.2 Å². The van der Waals surface area contributed by atoms with Gasteiger partial charge in [0.1, 0.15) is 0 Å². The number of carboxylic acids is 1. The second-order valence-corrected chi connectivity index (χ2v) is 6.03. The van der Waals surface area contributed by atoms with Crippen LogP contribution in [0.3, 0.4) is 0 Å². The highest BCUT2D eigenvalue weighted by Gasteiger charge is 2.30. The van der Waals surface area contributed by atoms with Crippen LogP contribution in [0.5, 0.6) is 0 Å². The van der Waals surface area contributed by atoms with E-state index in [-0.39, 0.29) is 18.4 Å². The molecule has 1 aliphatic heterocycles. The number of ether oxygens (including phenoxy) is 1. The third kappa shape index (κ3) is 3.19. The number of hydrogen-bond acceptors (Lipinski definition) is 4. The minimum Gasteiger partial charge on any atom is -0.481 e. The van der Waals surface area contributed by atoms with Crippen molar-refractivity contribution in [1.82, 2.24) is 4.90 Å². The summed E-state index contributed by atoms with van der Waals surface area (Å²) < 4.78 is 5.30. The molecule has 0 aliphatic carbocycles. The Hall–Kier alpha value is -1.40. The zero-order valence-corrected chi connectivity index (χ0v) is 12.5. The van der Waals surface area contributed by atoms with Gasteiger partial charge in [-0.15, -0.1) is 11.3 Å². The Morgan fingerprint density at radius 3 is 2.90 bits per heavy atom. The van der Waals surface area contributed by atoms with Gasteiger partial charge in [0.2, 0.25) is 0 Å². The minimum atomic E-state index is -0.907. The zero-order chi connectivity index (χ0) is 14.7. The number of carboxylic acid groups (broad SMARTS) is 1. The van der Waals surface area contributed by atoms with E-state index in [0.717, 1.165) is 12.0 Å². The number of aryl methyl sites for hydroxylation is 2. The fraction of sp³-hybridized carbons (Fsp3) is 0.571. The van der Waals surface area contributed by atoms with Crippen LogP contribution >= 0.6 is 11.3 Å². The smallest absolute Gasteiger partial charge is 0.305 e. The molecular formula is C14H19NO4S. The van der Waals surface area contributed by atoms with Crippen molar-refractivity contribution in [3.63, 3.8) is 0 Å². The van der Waals surface area contributed by atoms with Crippen molar-refractivity contribution in [3.8, 4) is 0 Å². The van der Waals surface area contributed by atoms with Crippen LogP contribution in [0.2, 0.25) is 0 Å².